The van der Waals surface area contributed by atoms with Gasteiger partial charge in [-0.15, -0.1) is 0 Å². The van der Waals surface area contributed by atoms with Gasteiger partial charge in [0.1, 0.15) is 0 Å². The highest BCUT2D eigenvalue weighted by Crippen LogP contribution is 2.25. The molecule has 8 heteroatoms. The minimum Gasteiger partial charge on any atom is -0.477 e. The van der Waals surface area contributed by atoms with Gasteiger partial charge >= 0.3 is 5.69 Å². The summed E-state index contributed by atoms with van der Waals surface area (Å²) in [5, 5.41) is 15.0. The summed E-state index contributed by atoms with van der Waals surface area (Å²) in [5.41, 5.74) is 3.81. The molecule has 0 aliphatic rings. The van der Waals surface area contributed by atoms with Gasteiger partial charge in [0.05, 0.1) is 10.6 Å². The number of nitro groups is 1. The van der Waals surface area contributed by atoms with E-state index in [2.05, 4.69) is 26.5 Å². The lowest BCUT2D eigenvalue weighted by Crippen LogP contribution is -2.26. The van der Waals surface area contributed by atoms with Crippen molar-refractivity contribution in [3.63, 3.8) is 0 Å². The van der Waals surface area contributed by atoms with E-state index in [1.54, 1.807) is 6.07 Å². The fraction of sp³-hybridized carbons (Fsp3) is 0.176. The van der Waals surface area contributed by atoms with Gasteiger partial charge in [0, 0.05) is 10.5 Å². The Labute approximate surface area is 153 Å². The molecule has 2 rings (SSSR count). The zero-order valence-corrected chi connectivity index (χ0v) is 15.0. The maximum absolute atomic E-state index is 11.9. The molecular formula is C17H16BrN3O4. The van der Waals surface area contributed by atoms with Crippen molar-refractivity contribution < 1.29 is 14.5 Å². The van der Waals surface area contributed by atoms with Crippen molar-refractivity contribution >= 4 is 33.2 Å². The number of benzene rings is 2. The Kier molecular flexibility index (Phi) is 6.64. The van der Waals surface area contributed by atoms with Crippen LogP contribution in [0.25, 0.3) is 0 Å². The summed E-state index contributed by atoms with van der Waals surface area (Å²) in [6.07, 6.45) is 0.627. The van der Waals surface area contributed by atoms with Gasteiger partial charge in [-0.2, -0.15) is 5.10 Å². The van der Waals surface area contributed by atoms with Crippen LogP contribution in [0.1, 0.15) is 18.9 Å². The van der Waals surface area contributed by atoms with E-state index < -0.39 is 10.8 Å². The molecule has 2 aromatic carbocycles. The Morgan fingerprint density at radius 3 is 2.72 bits per heavy atom. The van der Waals surface area contributed by atoms with Crippen molar-refractivity contribution in [2.75, 3.05) is 6.61 Å². The molecule has 130 valence electrons. The number of nitrogens with zero attached hydrogens (tertiary/aromatic N) is 2. The first-order valence-electron chi connectivity index (χ1n) is 7.48. The number of hydrazone groups is 1. The van der Waals surface area contributed by atoms with Gasteiger partial charge in [-0.3, -0.25) is 14.9 Å². The normalized spacial score (nSPS) is 11.0. The van der Waals surface area contributed by atoms with Crippen LogP contribution in [0, 0.1) is 10.1 Å². The number of para-hydroxylation sites is 2. The average Bonchev–Trinajstić information content (AvgIpc) is 2.60. The van der Waals surface area contributed by atoms with E-state index in [1.165, 1.54) is 18.2 Å². The first kappa shape index (κ1) is 18.6. The summed E-state index contributed by atoms with van der Waals surface area (Å²) < 4.78 is 6.13. The number of ether oxygens (including phenoxy) is 1. The van der Waals surface area contributed by atoms with Gasteiger partial charge in [0.2, 0.25) is 0 Å². The molecule has 1 N–H and O–H groups in total. The maximum atomic E-state index is 11.9. The molecule has 0 spiro atoms. The van der Waals surface area contributed by atoms with E-state index in [0.717, 1.165) is 10.0 Å². The van der Waals surface area contributed by atoms with Crippen LogP contribution in [0.4, 0.5) is 5.69 Å². The van der Waals surface area contributed by atoms with Gasteiger partial charge in [0.15, 0.2) is 12.4 Å². The third-order valence-electron chi connectivity index (χ3n) is 3.23. The van der Waals surface area contributed by atoms with Gasteiger partial charge in [-0.05, 0) is 30.2 Å². The van der Waals surface area contributed by atoms with E-state index in [-0.39, 0.29) is 18.0 Å². The Balaban J connectivity index is 1.99. The molecule has 0 aliphatic carbocycles. The van der Waals surface area contributed by atoms with Crippen molar-refractivity contribution in [1.29, 1.82) is 0 Å². The zero-order valence-electron chi connectivity index (χ0n) is 13.4. The van der Waals surface area contributed by atoms with Crippen molar-refractivity contribution in [3.8, 4) is 5.75 Å². The van der Waals surface area contributed by atoms with Crippen LogP contribution in [0.5, 0.6) is 5.75 Å². The Hall–Kier alpha value is -2.74. The van der Waals surface area contributed by atoms with Crippen LogP contribution in [0.3, 0.4) is 0 Å². The van der Waals surface area contributed by atoms with Crippen LogP contribution in [-0.4, -0.2) is 23.1 Å². The standard InChI is InChI=1S/C17H16BrN3O4/c1-2-14(12-6-5-7-13(18)10-12)19-20-17(22)11-25-16-9-4-3-8-15(16)21(23)24/h3-10H,2,11H2,1H3,(H,20,22)/b19-14-. The third-order valence-corrected chi connectivity index (χ3v) is 3.72. The van der Waals surface area contributed by atoms with Crippen molar-refractivity contribution in [2.24, 2.45) is 5.10 Å². The molecule has 0 aromatic heterocycles. The van der Waals surface area contributed by atoms with E-state index in [0.29, 0.717) is 12.1 Å². The van der Waals surface area contributed by atoms with Crippen LogP contribution in [0.15, 0.2) is 58.1 Å². The number of carbonyl (C=O) groups excluding carboxylic acids is 1. The smallest absolute Gasteiger partial charge is 0.310 e. The number of hydrogen-bond acceptors (Lipinski definition) is 5. The third kappa shape index (κ3) is 5.39. The van der Waals surface area contributed by atoms with Crippen LogP contribution in [-0.2, 0) is 4.79 Å². The van der Waals surface area contributed by atoms with Crippen molar-refractivity contribution in [1.82, 2.24) is 5.43 Å². The summed E-state index contributed by atoms with van der Waals surface area (Å²) in [6.45, 7) is 1.56. The largest absolute Gasteiger partial charge is 0.477 e. The Morgan fingerprint density at radius 1 is 1.28 bits per heavy atom. The number of halogens is 1. The molecule has 0 saturated carbocycles. The average molecular weight is 406 g/mol. The molecule has 0 heterocycles. The predicted octanol–water partition coefficient (Wildman–Crippen LogP) is 3.67. The van der Waals surface area contributed by atoms with Gasteiger partial charge in [-0.25, -0.2) is 5.43 Å². The highest BCUT2D eigenvalue weighted by Gasteiger charge is 2.14. The van der Waals surface area contributed by atoms with E-state index >= 15 is 0 Å². The summed E-state index contributed by atoms with van der Waals surface area (Å²) in [7, 11) is 0. The van der Waals surface area contributed by atoms with Gasteiger partial charge in [0.25, 0.3) is 5.91 Å². The molecular weight excluding hydrogens is 390 g/mol. The molecule has 0 bridgehead atoms. The lowest BCUT2D eigenvalue weighted by Gasteiger charge is -2.07. The fourth-order valence-corrected chi connectivity index (χ4v) is 2.45. The number of nitrogens with one attached hydrogen (secondary N) is 1. The summed E-state index contributed by atoms with van der Waals surface area (Å²) in [5.74, 6) is -0.464. The summed E-state index contributed by atoms with van der Waals surface area (Å²) in [6, 6.07) is 13.4. The highest BCUT2D eigenvalue weighted by atomic mass is 79.9. The first-order chi connectivity index (χ1) is 12.0. The van der Waals surface area contributed by atoms with E-state index in [4.69, 9.17) is 4.74 Å². The Bertz CT molecular complexity index is 808. The lowest BCUT2D eigenvalue weighted by molar-refractivity contribution is -0.385. The second kappa shape index (κ2) is 8.93. The lowest BCUT2D eigenvalue weighted by atomic mass is 10.1. The molecule has 0 radical (unpaired) electrons. The topological polar surface area (TPSA) is 93.8 Å². The van der Waals surface area contributed by atoms with Crippen molar-refractivity contribution in [2.45, 2.75) is 13.3 Å². The number of hydrogen-bond donors (Lipinski definition) is 1. The van der Waals surface area contributed by atoms with Gasteiger partial charge in [-0.1, -0.05) is 47.1 Å². The van der Waals surface area contributed by atoms with Crippen LogP contribution >= 0.6 is 15.9 Å². The van der Waals surface area contributed by atoms with Crippen molar-refractivity contribution in [3.05, 3.63) is 68.7 Å². The number of carbonyl (C=O) groups is 1. The summed E-state index contributed by atoms with van der Waals surface area (Å²) in [4.78, 5) is 22.2. The Morgan fingerprint density at radius 2 is 2.04 bits per heavy atom. The summed E-state index contributed by atoms with van der Waals surface area (Å²) >= 11 is 3.39. The minimum atomic E-state index is -0.562. The van der Waals surface area contributed by atoms with E-state index in [1.807, 2.05) is 31.2 Å². The molecule has 0 fully saturated rings. The maximum Gasteiger partial charge on any atom is 0.310 e. The first-order valence-corrected chi connectivity index (χ1v) is 8.28. The van der Waals surface area contributed by atoms with Crippen LogP contribution in [0.2, 0.25) is 0 Å². The second-order valence-corrected chi connectivity index (χ2v) is 5.89. The minimum absolute atomic E-state index is 0.0364. The number of nitro benzene ring substituents is 1. The van der Waals surface area contributed by atoms with Gasteiger partial charge < -0.3 is 4.74 Å². The molecule has 0 saturated heterocycles. The molecule has 7 nitrogen and oxygen atoms in total. The second-order valence-electron chi connectivity index (χ2n) is 4.97. The monoisotopic (exact) mass is 405 g/mol. The molecule has 2 aromatic rings. The molecule has 0 atom stereocenters. The molecule has 1 amide bonds. The quantitative estimate of drug-likeness (QED) is 0.431. The number of amides is 1. The molecule has 0 aliphatic heterocycles. The predicted molar refractivity (Wildman–Crippen MR) is 97.7 cm³/mol. The highest BCUT2D eigenvalue weighted by molar-refractivity contribution is 9.10. The fourth-order valence-electron chi connectivity index (χ4n) is 2.05. The van der Waals surface area contributed by atoms with E-state index in [9.17, 15) is 14.9 Å². The molecule has 0 unspecified atom stereocenters. The SMILES string of the molecule is CC/C(=N/NC(=O)COc1ccccc1[N+](=O)[O-])c1cccc(Br)c1. The zero-order chi connectivity index (χ0) is 18.2. The number of rotatable bonds is 7. The molecule has 25 heavy (non-hydrogen) atoms. The van der Waals surface area contributed by atoms with Crippen LogP contribution < -0.4 is 10.2 Å².